The molecule has 2 N–H and O–H groups in total. The van der Waals surface area contributed by atoms with E-state index in [4.69, 9.17) is 14.2 Å². The van der Waals surface area contributed by atoms with Crippen molar-refractivity contribution in [1.82, 2.24) is 0 Å². The lowest BCUT2D eigenvalue weighted by Gasteiger charge is -2.16. The van der Waals surface area contributed by atoms with Gasteiger partial charge in [-0.05, 0) is 72.9 Å². The Morgan fingerprint density at radius 2 is 1.09 bits per heavy atom. The number of phenolic OH excluding ortho intramolecular Hbond substituents is 2. The van der Waals surface area contributed by atoms with E-state index < -0.39 is 0 Å². The van der Waals surface area contributed by atoms with Gasteiger partial charge in [0.2, 0.25) is 0 Å². The molecule has 2 aromatic carbocycles. The van der Waals surface area contributed by atoms with Crippen molar-refractivity contribution in [3.63, 3.8) is 0 Å². The van der Waals surface area contributed by atoms with Gasteiger partial charge in [0, 0.05) is 13.2 Å². The van der Waals surface area contributed by atoms with Gasteiger partial charge in [-0.2, -0.15) is 0 Å². The van der Waals surface area contributed by atoms with Crippen molar-refractivity contribution in [1.29, 1.82) is 0 Å². The first-order valence-corrected chi connectivity index (χ1v) is 13.3. The van der Waals surface area contributed by atoms with Crippen LogP contribution in [-0.2, 0) is 17.6 Å². The quantitative estimate of drug-likeness (QED) is 0.216. The molecule has 0 bridgehead atoms. The summed E-state index contributed by atoms with van der Waals surface area (Å²) in [5, 5.41) is 19.6. The van der Waals surface area contributed by atoms with Crippen molar-refractivity contribution in [3.8, 4) is 23.0 Å². The van der Waals surface area contributed by atoms with E-state index in [2.05, 4.69) is 13.8 Å². The first-order valence-electron chi connectivity index (χ1n) is 13.3. The number of phenols is 2. The highest BCUT2D eigenvalue weighted by Crippen LogP contribution is 2.30. The summed E-state index contributed by atoms with van der Waals surface area (Å²) in [6.07, 6.45) is 11.3. The number of rotatable bonds is 18. The molecule has 0 aliphatic rings. The number of ether oxygens (including phenoxy) is 3. The molecule has 2 unspecified atom stereocenters. The molecule has 2 rings (SSSR count). The van der Waals surface area contributed by atoms with E-state index in [0.717, 1.165) is 51.7 Å². The molecule has 0 aliphatic carbocycles. The van der Waals surface area contributed by atoms with E-state index in [1.54, 1.807) is 26.4 Å². The standard InChI is InChI=1S/C30H46O5/c1-5-23(19-25-13-15-27(31)29(21-25)33-3)11-7-9-17-35-18-10-8-12-24(6-2)20-26-14-16-28(32)30(22-26)34-4/h13-16,21-24,31-32H,5-12,17-20H2,1-4H3. The molecule has 0 aliphatic heterocycles. The molecule has 35 heavy (non-hydrogen) atoms. The molecule has 0 amide bonds. The first kappa shape index (κ1) is 28.8. The Kier molecular flexibility index (Phi) is 13.4. The van der Waals surface area contributed by atoms with Crippen LogP contribution in [0.5, 0.6) is 23.0 Å². The molecule has 2 atom stereocenters. The maximum atomic E-state index is 9.78. The van der Waals surface area contributed by atoms with Crippen LogP contribution in [0.1, 0.15) is 76.3 Å². The molecule has 196 valence electrons. The van der Waals surface area contributed by atoms with Gasteiger partial charge >= 0.3 is 0 Å². The van der Waals surface area contributed by atoms with Crippen LogP contribution < -0.4 is 9.47 Å². The number of unbranched alkanes of at least 4 members (excludes halogenated alkanes) is 2. The molecule has 0 spiro atoms. The van der Waals surface area contributed by atoms with Gasteiger partial charge in [0.1, 0.15) is 0 Å². The molecule has 5 heteroatoms. The minimum Gasteiger partial charge on any atom is -0.504 e. The van der Waals surface area contributed by atoms with Crippen LogP contribution >= 0.6 is 0 Å². The number of hydrogen-bond acceptors (Lipinski definition) is 5. The number of methoxy groups -OCH3 is 2. The predicted molar refractivity (Wildman–Crippen MR) is 143 cm³/mol. The summed E-state index contributed by atoms with van der Waals surface area (Å²) in [5.74, 6) is 2.79. The second kappa shape index (κ2) is 16.3. The first-order chi connectivity index (χ1) is 17.0. The fraction of sp³-hybridized carbons (Fsp3) is 0.600. The lowest BCUT2D eigenvalue weighted by molar-refractivity contribution is 0.123. The van der Waals surface area contributed by atoms with Crippen molar-refractivity contribution in [3.05, 3.63) is 47.5 Å². The molecular formula is C30H46O5. The normalized spacial score (nSPS) is 12.9. The third-order valence-electron chi connectivity index (χ3n) is 6.99. The minimum absolute atomic E-state index is 0.199. The molecule has 0 saturated heterocycles. The van der Waals surface area contributed by atoms with Crippen LogP contribution in [0.2, 0.25) is 0 Å². The number of benzene rings is 2. The maximum absolute atomic E-state index is 9.78. The molecule has 0 aromatic heterocycles. The highest BCUT2D eigenvalue weighted by molar-refractivity contribution is 5.42. The van der Waals surface area contributed by atoms with Crippen LogP contribution in [0.4, 0.5) is 0 Å². The summed E-state index contributed by atoms with van der Waals surface area (Å²) in [6, 6.07) is 11.3. The molecule has 0 saturated carbocycles. The van der Waals surface area contributed by atoms with E-state index in [1.807, 2.05) is 24.3 Å². The third-order valence-corrected chi connectivity index (χ3v) is 6.99. The fourth-order valence-corrected chi connectivity index (χ4v) is 4.64. The Bertz CT molecular complexity index is 781. The van der Waals surface area contributed by atoms with Gasteiger partial charge in [-0.15, -0.1) is 0 Å². The van der Waals surface area contributed by atoms with Crippen LogP contribution in [0.3, 0.4) is 0 Å². The summed E-state index contributed by atoms with van der Waals surface area (Å²) >= 11 is 0. The number of aromatic hydroxyl groups is 2. The molecule has 0 heterocycles. The lowest BCUT2D eigenvalue weighted by Crippen LogP contribution is -2.06. The summed E-state index contributed by atoms with van der Waals surface area (Å²) < 4.78 is 16.4. The highest BCUT2D eigenvalue weighted by atomic mass is 16.5. The van der Waals surface area contributed by atoms with Crippen LogP contribution in [0.25, 0.3) is 0 Å². The average Bonchev–Trinajstić information content (AvgIpc) is 2.88. The Morgan fingerprint density at radius 3 is 1.46 bits per heavy atom. The van der Waals surface area contributed by atoms with Crippen molar-refractivity contribution in [2.75, 3.05) is 27.4 Å². The van der Waals surface area contributed by atoms with Crippen LogP contribution in [0, 0.1) is 11.8 Å². The topological polar surface area (TPSA) is 68.2 Å². The van der Waals surface area contributed by atoms with Gasteiger partial charge in [-0.3, -0.25) is 0 Å². The molecule has 5 nitrogen and oxygen atoms in total. The third kappa shape index (κ3) is 10.4. The van der Waals surface area contributed by atoms with Crippen molar-refractivity contribution < 1.29 is 24.4 Å². The lowest BCUT2D eigenvalue weighted by atomic mass is 9.92. The van der Waals surface area contributed by atoms with Crippen molar-refractivity contribution >= 4 is 0 Å². The summed E-state index contributed by atoms with van der Waals surface area (Å²) in [7, 11) is 3.18. The Morgan fingerprint density at radius 1 is 0.657 bits per heavy atom. The summed E-state index contributed by atoms with van der Waals surface area (Å²) in [5.41, 5.74) is 2.44. The van der Waals surface area contributed by atoms with Crippen LogP contribution in [-0.4, -0.2) is 37.6 Å². The fourth-order valence-electron chi connectivity index (χ4n) is 4.64. The van der Waals surface area contributed by atoms with Crippen molar-refractivity contribution in [2.45, 2.75) is 78.1 Å². The molecule has 2 aromatic rings. The van der Waals surface area contributed by atoms with Gasteiger partial charge in [-0.1, -0.05) is 64.5 Å². The van der Waals surface area contributed by atoms with Crippen LogP contribution in [0.15, 0.2) is 36.4 Å². The van der Waals surface area contributed by atoms with E-state index in [1.165, 1.54) is 36.8 Å². The van der Waals surface area contributed by atoms with Gasteiger partial charge in [-0.25, -0.2) is 0 Å². The molecule has 0 fully saturated rings. The zero-order valence-electron chi connectivity index (χ0n) is 22.2. The second-order valence-corrected chi connectivity index (χ2v) is 9.57. The van der Waals surface area contributed by atoms with Gasteiger partial charge in [0.05, 0.1) is 14.2 Å². The van der Waals surface area contributed by atoms with Gasteiger partial charge < -0.3 is 24.4 Å². The molecule has 0 radical (unpaired) electrons. The molecular weight excluding hydrogens is 440 g/mol. The Balaban J connectivity index is 1.56. The summed E-state index contributed by atoms with van der Waals surface area (Å²) in [6.45, 7) is 6.18. The zero-order chi connectivity index (χ0) is 25.5. The van der Waals surface area contributed by atoms with Crippen molar-refractivity contribution in [2.24, 2.45) is 11.8 Å². The minimum atomic E-state index is 0.199. The van der Waals surface area contributed by atoms with E-state index in [9.17, 15) is 10.2 Å². The van der Waals surface area contributed by atoms with Gasteiger partial charge in [0.15, 0.2) is 23.0 Å². The van der Waals surface area contributed by atoms with E-state index in [-0.39, 0.29) is 11.5 Å². The SMILES string of the molecule is CCC(CCCCOCCCCC(CC)Cc1ccc(O)c(OC)c1)Cc1ccc(O)c(OC)c1. The Labute approximate surface area is 212 Å². The summed E-state index contributed by atoms with van der Waals surface area (Å²) in [4.78, 5) is 0. The monoisotopic (exact) mass is 486 g/mol. The van der Waals surface area contributed by atoms with E-state index >= 15 is 0 Å². The number of hydrogen-bond donors (Lipinski definition) is 2. The average molecular weight is 487 g/mol. The van der Waals surface area contributed by atoms with Gasteiger partial charge in [0.25, 0.3) is 0 Å². The largest absolute Gasteiger partial charge is 0.504 e. The second-order valence-electron chi connectivity index (χ2n) is 9.57. The zero-order valence-corrected chi connectivity index (χ0v) is 22.2. The maximum Gasteiger partial charge on any atom is 0.160 e. The predicted octanol–water partition coefficient (Wildman–Crippen LogP) is 7.31. The Hall–Kier alpha value is -2.40. The van der Waals surface area contributed by atoms with E-state index in [0.29, 0.717) is 23.3 Å². The highest BCUT2D eigenvalue weighted by Gasteiger charge is 2.11. The smallest absolute Gasteiger partial charge is 0.160 e.